The molecule has 0 rings (SSSR count). The fraction of sp³-hybridized carbons (Fsp3) is 0.700. The summed E-state index contributed by atoms with van der Waals surface area (Å²) in [5, 5.41) is 11.6. The van der Waals surface area contributed by atoms with E-state index in [0.717, 1.165) is 19.6 Å². The lowest BCUT2D eigenvalue weighted by Crippen LogP contribution is -2.29. The molecule has 0 amide bonds. The normalized spacial score (nSPS) is 12.0. The second kappa shape index (κ2) is 9.24. The van der Waals surface area contributed by atoms with Gasteiger partial charge in [0.15, 0.2) is 0 Å². The molecular formula is C10H18N2O. The number of rotatable bonds is 8. The molecule has 0 aromatic heterocycles. The van der Waals surface area contributed by atoms with E-state index in [9.17, 15) is 0 Å². The first-order valence-corrected chi connectivity index (χ1v) is 4.60. The summed E-state index contributed by atoms with van der Waals surface area (Å²) in [6, 6.07) is 2.37. The highest BCUT2D eigenvalue weighted by molar-refractivity contribution is 4.77. The van der Waals surface area contributed by atoms with Crippen LogP contribution in [0.25, 0.3) is 0 Å². The third-order valence-electron chi connectivity index (χ3n) is 1.60. The number of hydrogen-bond acceptors (Lipinski definition) is 3. The second-order valence-electron chi connectivity index (χ2n) is 2.91. The van der Waals surface area contributed by atoms with Gasteiger partial charge in [0, 0.05) is 12.6 Å². The summed E-state index contributed by atoms with van der Waals surface area (Å²) in [6.45, 7) is 7.83. The minimum atomic E-state index is 0.257. The lowest BCUT2D eigenvalue weighted by Gasteiger charge is -2.09. The molecule has 0 aliphatic carbocycles. The van der Waals surface area contributed by atoms with E-state index in [4.69, 9.17) is 10.00 Å². The van der Waals surface area contributed by atoms with Crippen LogP contribution in [-0.2, 0) is 4.74 Å². The highest BCUT2D eigenvalue weighted by Gasteiger charge is 1.97. The SMILES string of the molecule is C=CCCOCCNC(C)CC#N. The van der Waals surface area contributed by atoms with Crippen LogP contribution in [0, 0.1) is 11.3 Å². The second-order valence-corrected chi connectivity index (χ2v) is 2.91. The smallest absolute Gasteiger partial charge is 0.0638 e. The summed E-state index contributed by atoms with van der Waals surface area (Å²) in [4.78, 5) is 0. The molecule has 0 radical (unpaired) electrons. The van der Waals surface area contributed by atoms with Gasteiger partial charge in [-0.3, -0.25) is 0 Å². The highest BCUT2D eigenvalue weighted by atomic mass is 16.5. The van der Waals surface area contributed by atoms with Crippen molar-refractivity contribution in [2.45, 2.75) is 25.8 Å². The van der Waals surface area contributed by atoms with E-state index in [1.54, 1.807) is 0 Å². The molecule has 0 aromatic rings. The van der Waals surface area contributed by atoms with Crippen molar-refractivity contribution in [1.29, 1.82) is 5.26 Å². The summed E-state index contributed by atoms with van der Waals surface area (Å²) in [7, 11) is 0. The van der Waals surface area contributed by atoms with Crippen molar-refractivity contribution in [2.24, 2.45) is 0 Å². The average molecular weight is 182 g/mol. The molecule has 0 aliphatic rings. The topological polar surface area (TPSA) is 45.0 Å². The summed E-state index contributed by atoms with van der Waals surface area (Å²) in [6.07, 6.45) is 3.28. The molecule has 1 unspecified atom stereocenters. The van der Waals surface area contributed by atoms with Crippen molar-refractivity contribution in [3.63, 3.8) is 0 Å². The first kappa shape index (κ1) is 12.2. The minimum Gasteiger partial charge on any atom is -0.380 e. The summed E-state index contributed by atoms with van der Waals surface area (Å²) < 4.78 is 5.29. The van der Waals surface area contributed by atoms with Crippen LogP contribution in [0.4, 0.5) is 0 Å². The average Bonchev–Trinajstić information content (AvgIpc) is 2.11. The van der Waals surface area contributed by atoms with Gasteiger partial charge in [0.1, 0.15) is 0 Å². The van der Waals surface area contributed by atoms with Gasteiger partial charge in [0.2, 0.25) is 0 Å². The van der Waals surface area contributed by atoms with Gasteiger partial charge < -0.3 is 10.1 Å². The van der Waals surface area contributed by atoms with Gasteiger partial charge in [0.05, 0.1) is 25.7 Å². The van der Waals surface area contributed by atoms with Gasteiger partial charge in [-0.2, -0.15) is 5.26 Å². The first-order chi connectivity index (χ1) is 6.31. The van der Waals surface area contributed by atoms with Crippen molar-refractivity contribution in [2.75, 3.05) is 19.8 Å². The maximum absolute atomic E-state index is 8.38. The fourth-order valence-electron chi connectivity index (χ4n) is 0.855. The zero-order valence-corrected chi connectivity index (χ0v) is 8.25. The molecule has 1 N–H and O–H groups in total. The largest absolute Gasteiger partial charge is 0.380 e. The molecule has 3 nitrogen and oxygen atoms in total. The maximum atomic E-state index is 8.38. The Hall–Kier alpha value is -0.850. The lowest BCUT2D eigenvalue weighted by molar-refractivity contribution is 0.138. The molecule has 1 atom stereocenters. The molecule has 13 heavy (non-hydrogen) atoms. The van der Waals surface area contributed by atoms with E-state index in [1.807, 2.05) is 13.0 Å². The van der Waals surface area contributed by atoms with Crippen LogP contribution < -0.4 is 5.32 Å². The van der Waals surface area contributed by atoms with Crippen LogP contribution in [-0.4, -0.2) is 25.8 Å². The predicted octanol–water partition coefficient (Wildman–Crippen LogP) is 1.47. The van der Waals surface area contributed by atoms with Gasteiger partial charge in [-0.1, -0.05) is 6.08 Å². The number of nitriles is 1. The Balaban J connectivity index is 3.07. The Labute approximate surface area is 80.4 Å². The molecular weight excluding hydrogens is 164 g/mol. The Bertz CT molecular complexity index is 163. The third kappa shape index (κ3) is 9.06. The molecule has 0 heterocycles. The van der Waals surface area contributed by atoms with Crippen molar-refractivity contribution < 1.29 is 4.74 Å². The number of nitrogens with zero attached hydrogens (tertiary/aromatic N) is 1. The van der Waals surface area contributed by atoms with Gasteiger partial charge in [-0.05, 0) is 13.3 Å². The van der Waals surface area contributed by atoms with Gasteiger partial charge in [-0.15, -0.1) is 6.58 Å². The van der Waals surface area contributed by atoms with Crippen LogP contribution in [0.15, 0.2) is 12.7 Å². The standard InChI is InChI=1S/C10H18N2O/c1-3-4-8-13-9-7-12-10(2)5-6-11/h3,10,12H,1,4-5,7-9H2,2H3. The number of ether oxygens (including phenoxy) is 1. The van der Waals surface area contributed by atoms with E-state index in [-0.39, 0.29) is 6.04 Å². The number of hydrogen-bond donors (Lipinski definition) is 1. The monoisotopic (exact) mass is 182 g/mol. The highest BCUT2D eigenvalue weighted by Crippen LogP contribution is 1.87. The molecule has 0 saturated heterocycles. The fourth-order valence-corrected chi connectivity index (χ4v) is 0.855. The molecule has 0 bridgehead atoms. The van der Waals surface area contributed by atoms with Gasteiger partial charge >= 0.3 is 0 Å². The van der Waals surface area contributed by atoms with E-state index in [0.29, 0.717) is 13.0 Å². The molecule has 0 fully saturated rings. The molecule has 0 saturated carbocycles. The molecule has 0 spiro atoms. The van der Waals surface area contributed by atoms with Gasteiger partial charge in [0.25, 0.3) is 0 Å². The Morgan fingerprint density at radius 3 is 3.00 bits per heavy atom. The van der Waals surface area contributed by atoms with Crippen molar-refractivity contribution in [3.8, 4) is 6.07 Å². The lowest BCUT2D eigenvalue weighted by atomic mass is 10.2. The van der Waals surface area contributed by atoms with E-state index in [1.165, 1.54) is 0 Å². The Kier molecular flexibility index (Phi) is 8.64. The van der Waals surface area contributed by atoms with Crippen LogP contribution in [0.3, 0.4) is 0 Å². The van der Waals surface area contributed by atoms with Crippen molar-refractivity contribution >= 4 is 0 Å². The zero-order valence-electron chi connectivity index (χ0n) is 8.25. The summed E-state index contributed by atoms with van der Waals surface area (Å²) >= 11 is 0. The predicted molar refractivity (Wildman–Crippen MR) is 53.3 cm³/mol. The van der Waals surface area contributed by atoms with Gasteiger partial charge in [-0.25, -0.2) is 0 Å². The quantitative estimate of drug-likeness (QED) is 0.456. The Morgan fingerprint density at radius 2 is 2.38 bits per heavy atom. The molecule has 3 heteroatoms. The minimum absolute atomic E-state index is 0.257. The number of nitrogens with one attached hydrogen (secondary N) is 1. The van der Waals surface area contributed by atoms with E-state index >= 15 is 0 Å². The molecule has 0 aliphatic heterocycles. The summed E-state index contributed by atoms with van der Waals surface area (Å²) in [5.74, 6) is 0. The summed E-state index contributed by atoms with van der Waals surface area (Å²) in [5.41, 5.74) is 0. The maximum Gasteiger partial charge on any atom is 0.0638 e. The zero-order chi connectivity index (χ0) is 9.94. The van der Waals surface area contributed by atoms with Crippen LogP contribution in [0.2, 0.25) is 0 Å². The van der Waals surface area contributed by atoms with Crippen LogP contribution >= 0.6 is 0 Å². The third-order valence-corrected chi connectivity index (χ3v) is 1.60. The first-order valence-electron chi connectivity index (χ1n) is 4.60. The molecule has 0 aromatic carbocycles. The van der Waals surface area contributed by atoms with Crippen molar-refractivity contribution in [3.05, 3.63) is 12.7 Å². The van der Waals surface area contributed by atoms with Crippen molar-refractivity contribution in [1.82, 2.24) is 5.32 Å². The van der Waals surface area contributed by atoms with E-state index in [2.05, 4.69) is 18.0 Å². The van der Waals surface area contributed by atoms with Crippen LogP contribution in [0.1, 0.15) is 19.8 Å². The van der Waals surface area contributed by atoms with E-state index < -0.39 is 0 Å². The Morgan fingerprint density at radius 1 is 1.62 bits per heavy atom. The molecule has 74 valence electrons. The van der Waals surface area contributed by atoms with Crippen LogP contribution in [0.5, 0.6) is 0 Å².